The average Bonchev–Trinajstić information content (AvgIpc) is 3.19. The first-order chi connectivity index (χ1) is 12.2. The first-order valence-electron chi connectivity index (χ1n) is 7.95. The van der Waals surface area contributed by atoms with Crippen LogP contribution in [0.25, 0.3) is 10.2 Å². The van der Waals surface area contributed by atoms with Crippen LogP contribution >= 0.6 is 11.3 Å². The maximum absolute atomic E-state index is 12.7. The zero-order valence-electron chi connectivity index (χ0n) is 13.3. The Morgan fingerprint density at radius 1 is 1.32 bits per heavy atom. The molecule has 6 nitrogen and oxygen atoms in total. The lowest BCUT2D eigenvalue weighted by molar-refractivity contribution is -0.116. The fourth-order valence-corrected chi connectivity index (χ4v) is 4.34. The van der Waals surface area contributed by atoms with E-state index in [9.17, 15) is 9.59 Å². The molecule has 3 aromatic rings. The number of aromatic nitrogens is 2. The van der Waals surface area contributed by atoms with Gasteiger partial charge in [-0.3, -0.25) is 14.2 Å². The fourth-order valence-electron chi connectivity index (χ4n) is 3.12. The zero-order valence-corrected chi connectivity index (χ0v) is 14.1. The Labute approximate surface area is 147 Å². The van der Waals surface area contributed by atoms with Crippen molar-refractivity contribution in [3.8, 4) is 6.07 Å². The highest BCUT2D eigenvalue weighted by Crippen LogP contribution is 2.34. The molecule has 0 saturated carbocycles. The maximum Gasteiger partial charge on any atom is 0.262 e. The molecule has 2 heterocycles. The molecule has 1 aromatic carbocycles. The normalized spacial score (nSPS) is 12.8. The molecule has 0 fully saturated rings. The average molecular weight is 350 g/mol. The molecule has 0 saturated heterocycles. The van der Waals surface area contributed by atoms with Crippen LogP contribution in [0, 0.1) is 11.3 Å². The number of amides is 1. The lowest BCUT2D eigenvalue weighted by Gasteiger charge is -2.07. The topological polar surface area (TPSA) is 87.8 Å². The number of nitrogens with zero attached hydrogens (tertiary/aromatic N) is 3. The van der Waals surface area contributed by atoms with Crippen LogP contribution in [0.2, 0.25) is 0 Å². The summed E-state index contributed by atoms with van der Waals surface area (Å²) >= 11 is 1.58. The van der Waals surface area contributed by atoms with Gasteiger partial charge in [0.2, 0.25) is 5.91 Å². The maximum atomic E-state index is 12.7. The van der Waals surface area contributed by atoms with Gasteiger partial charge in [0.1, 0.15) is 11.4 Å². The van der Waals surface area contributed by atoms with Crippen LogP contribution in [-0.4, -0.2) is 15.5 Å². The van der Waals surface area contributed by atoms with E-state index in [0.29, 0.717) is 16.6 Å². The molecule has 124 valence electrons. The Kier molecular flexibility index (Phi) is 3.82. The number of nitrogens with one attached hydrogen (secondary N) is 1. The highest BCUT2D eigenvalue weighted by Gasteiger charge is 2.21. The van der Waals surface area contributed by atoms with Crippen LogP contribution in [0.3, 0.4) is 0 Å². The predicted octanol–water partition coefficient (Wildman–Crippen LogP) is 2.46. The number of hydrogen-bond acceptors (Lipinski definition) is 5. The summed E-state index contributed by atoms with van der Waals surface area (Å²) in [5, 5.41) is 12.2. The molecule has 0 atom stereocenters. The minimum atomic E-state index is -0.306. The molecule has 0 bridgehead atoms. The molecule has 1 aliphatic carbocycles. The van der Waals surface area contributed by atoms with Gasteiger partial charge in [0.25, 0.3) is 5.56 Å². The van der Waals surface area contributed by atoms with Crippen molar-refractivity contribution in [3.05, 3.63) is 57.0 Å². The van der Waals surface area contributed by atoms with E-state index in [1.807, 2.05) is 6.07 Å². The monoisotopic (exact) mass is 350 g/mol. The van der Waals surface area contributed by atoms with E-state index in [2.05, 4.69) is 10.3 Å². The highest BCUT2D eigenvalue weighted by atomic mass is 32.1. The van der Waals surface area contributed by atoms with Crippen molar-refractivity contribution in [3.63, 3.8) is 0 Å². The molecule has 0 spiro atoms. The molecule has 0 unspecified atom stereocenters. The van der Waals surface area contributed by atoms with E-state index in [1.165, 1.54) is 15.8 Å². The molecule has 2 aromatic heterocycles. The summed E-state index contributed by atoms with van der Waals surface area (Å²) in [5.41, 5.74) is 2.07. The molecule has 0 aliphatic heterocycles. The number of aryl methyl sites for hydroxylation is 2. The van der Waals surface area contributed by atoms with Gasteiger partial charge in [-0.25, -0.2) is 4.98 Å². The van der Waals surface area contributed by atoms with Gasteiger partial charge in [-0.2, -0.15) is 5.26 Å². The molecule has 0 radical (unpaired) electrons. The number of benzene rings is 1. The number of carbonyl (C=O) groups excluding carboxylic acids is 1. The molecule has 1 N–H and O–H groups in total. The van der Waals surface area contributed by atoms with Crippen LogP contribution in [-0.2, 0) is 24.2 Å². The third-order valence-corrected chi connectivity index (χ3v) is 5.50. The summed E-state index contributed by atoms with van der Waals surface area (Å²) < 4.78 is 1.35. The van der Waals surface area contributed by atoms with Crippen molar-refractivity contribution in [2.45, 2.75) is 25.8 Å². The van der Waals surface area contributed by atoms with E-state index in [1.54, 1.807) is 35.6 Å². The van der Waals surface area contributed by atoms with E-state index < -0.39 is 0 Å². The van der Waals surface area contributed by atoms with E-state index in [-0.39, 0.29) is 18.0 Å². The van der Waals surface area contributed by atoms with Crippen LogP contribution in [0.15, 0.2) is 35.4 Å². The van der Waals surface area contributed by atoms with Gasteiger partial charge in [-0.1, -0.05) is 0 Å². The lowest BCUT2D eigenvalue weighted by atomic mass is 10.2. The van der Waals surface area contributed by atoms with Gasteiger partial charge in [0, 0.05) is 10.6 Å². The number of thiophene rings is 1. The van der Waals surface area contributed by atoms with Crippen LogP contribution in [0.1, 0.15) is 22.4 Å². The summed E-state index contributed by atoms with van der Waals surface area (Å²) in [6, 6.07) is 8.60. The third-order valence-electron chi connectivity index (χ3n) is 4.30. The Balaban J connectivity index is 1.58. The van der Waals surface area contributed by atoms with E-state index in [0.717, 1.165) is 29.7 Å². The standard InChI is InChI=1S/C18H14N4O2S/c19-8-11-4-6-12(7-5-11)21-15(23)9-22-10-20-17-16(18(22)24)13-2-1-3-14(13)25-17/h4-7,10H,1-3,9H2,(H,21,23). The highest BCUT2D eigenvalue weighted by molar-refractivity contribution is 7.18. The molecule has 7 heteroatoms. The molecule has 1 amide bonds. The largest absolute Gasteiger partial charge is 0.325 e. The van der Waals surface area contributed by atoms with Gasteiger partial charge in [-0.15, -0.1) is 11.3 Å². The summed E-state index contributed by atoms with van der Waals surface area (Å²) in [6.07, 6.45) is 4.43. The SMILES string of the molecule is N#Cc1ccc(NC(=O)Cn2cnc3sc4c(c3c2=O)CCC4)cc1. The Bertz CT molecular complexity index is 1070. The lowest BCUT2D eigenvalue weighted by Crippen LogP contribution is -2.28. The quantitative estimate of drug-likeness (QED) is 0.786. The van der Waals surface area contributed by atoms with Gasteiger partial charge in [-0.05, 0) is 49.1 Å². The minimum absolute atomic E-state index is 0.0909. The molecule has 4 rings (SSSR count). The van der Waals surface area contributed by atoms with Crippen molar-refractivity contribution >= 4 is 33.1 Å². The second-order valence-corrected chi connectivity index (χ2v) is 7.04. The predicted molar refractivity (Wildman–Crippen MR) is 95.7 cm³/mol. The fraction of sp³-hybridized carbons (Fsp3) is 0.222. The summed E-state index contributed by atoms with van der Waals surface area (Å²) in [5.74, 6) is -0.306. The molecule has 1 aliphatic rings. The first-order valence-corrected chi connectivity index (χ1v) is 8.77. The second kappa shape index (κ2) is 6.15. The van der Waals surface area contributed by atoms with Crippen molar-refractivity contribution in [1.82, 2.24) is 9.55 Å². The van der Waals surface area contributed by atoms with Gasteiger partial charge in [0.05, 0.1) is 23.3 Å². The Hall–Kier alpha value is -2.98. The van der Waals surface area contributed by atoms with Gasteiger partial charge < -0.3 is 5.32 Å². The number of fused-ring (bicyclic) bond motifs is 3. The smallest absolute Gasteiger partial charge is 0.262 e. The van der Waals surface area contributed by atoms with Crippen molar-refractivity contribution in [2.75, 3.05) is 5.32 Å². The van der Waals surface area contributed by atoms with E-state index in [4.69, 9.17) is 5.26 Å². The van der Waals surface area contributed by atoms with E-state index >= 15 is 0 Å². The van der Waals surface area contributed by atoms with Crippen LogP contribution in [0.5, 0.6) is 0 Å². The van der Waals surface area contributed by atoms with Crippen molar-refractivity contribution < 1.29 is 4.79 Å². The van der Waals surface area contributed by atoms with Crippen molar-refractivity contribution in [1.29, 1.82) is 5.26 Å². The summed E-state index contributed by atoms with van der Waals surface area (Å²) in [6.45, 7) is -0.0909. The Morgan fingerprint density at radius 3 is 2.88 bits per heavy atom. The number of hydrogen-bond donors (Lipinski definition) is 1. The van der Waals surface area contributed by atoms with Crippen LogP contribution < -0.4 is 10.9 Å². The van der Waals surface area contributed by atoms with Gasteiger partial charge >= 0.3 is 0 Å². The van der Waals surface area contributed by atoms with Gasteiger partial charge in [0.15, 0.2) is 0 Å². The summed E-state index contributed by atoms with van der Waals surface area (Å²) in [7, 11) is 0. The number of nitriles is 1. The number of carbonyl (C=O) groups is 1. The van der Waals surface area contributed by atoms with Crippen LogP contribution in [0.4, 0.5) is 5.69 Å². The zero-order chi connectivity index (χ0) is 17.4. The number of anilines is 1. The Morgan fingerprint density at radius 2 is 2.12 bits per heavy atom. The molecule has 25 heavy (non-hydrogen) atoms. The molecular weight excluding hydrogens is 336 g/mol. The minimum Gasteiger partial charge on any atom is -0.325 e. The molecular formula is C18H14N4O2S. The third kappa shape index (κ3) is 2.81. The second-order valence-electron chi connectivity index (χ2n) is 5.95. The van der Waals surface area contributed by atoms with Crippen molar-refractivity contribution in [2.24, 2.45) is 0 Å². The number of rotatable bonds is 3. The first kappa shape index (κ1) is 15.5. The summed E-state index contributed by atoms with van der Waals surface area (Å²) in [4.78, 5) is 31.3.